The summed E-state index contributed by atoms with van der Waals surface area (Å²) < 4.78 is 12.9. The van der Waals surface area contributed by atoms with Gasteiger partial charge in [-0.3, -0.25) is 4.39 Å². The molecule has 0 aromatic carbocycles. The van der Waals surface area contributed by atoms with Crippen LogP contribution in [-0.2, 0) is 0 Å². The molecule has 3 aliphatic rings. The summed E-state index contributed by atoms with van der Waals surface area (Å²) >= 11 is 5.55. The van der Waals surface area contributed by atoms with Gasteiger partial charge >= 0.3 is 0 Å². The van der Waals surface area contributed by atoms with Gasteiger partial charge in [0.1, 0.15) is 0 Å². The lowest BCUT2D eigenvalue weighted by molar-refractivity contribution is 0.0426. The molecule has 0 nitrogen and oxygen atoms in total. The molecule has 182 valence electrons. The Kier molecular flexibility index (Phi) is 9.70. The van der Waals surface area contributed by atoms with E-state index in [9.17, 15) is 4.39 Å². The number of thiol groups is 1. The predicted octanol–water partition coefficient (Wildman–Crippen LogP) is 9.38. The molecule has 0 aromatic heterocycles. The van der Waals surface area contributed by atoms with Crippen LogP contribution in [0.5, 0.6) is 0 Å². The lowest BCUT2D eigenvalue weighted by Crippen LogP contribution is -2.48. The molecule has 0 heterocycles. The molecule has 2 heteroatoms. The summed E-state index contributed by atoms with van der Waals surface area (Å²) in [6.07, 6.45) is 17.3. The van der Waals surface area contributed by atoms with Crippen molar-refractivity contribution in [3.63, 3.8) is 0 Å². The van der Waals surface area contributed by atoms with Crippen LogP contribution in [-0.4, -0.2) is 11.4 Å². The molecule has 3 saturated carbocycles. The minimum absolute atomic E-state index is 0.137. The zero-order valence-electron chi connectivity index (χ0n) is 21.4. The maximum Gasteiger partial charge on any atom is 0.0894 e. The highest BCUT2D eigenvalue weighted by Gasteiger charge is 2.56. The average Bonchev–Trinajstić information content (AvgIpc) is 3.09. The maximum absolute atomic E-state index is 12.5. The van der Waals surface area contributed by atoms with Crippen LogP contribution >= 0.6 is 12.6 Å². The molecule has 0 saturated heterocycles. The van der Waals surface area contributed by atoms with E-state index in [-0.39, 0.29) is 6.67 Å². The first-order valence-corrected chi connectivity index (χ1v) is 14.5. The lowest BCUT2D eigenvalue weighted by atomic mass is 9.58. The van der Waals surface area contributed by atoms with Crippen LogP contribution < -0.4 is 0 Å². The van der Waals surface area contributed by atoms with E-state index in [1.165, 1.54) is 70.6 Å². The number of rotatable bonds is 11. The predicted molar refractivity (Wildman–Crippen MR) is 137 cm³/mol. The highest BCUT2D eigenvalue weighted by Crippen LogP contribution is 2.62. The minimum atomic E-state index is -0.137. The van der Waals surface area contributed by atoms with E-state index >= 15 is 0 Å². The Labute approximate surface area is 199 Å². The van der Waals surface area contributed by atoms with E-state index in [0.29, 0.717) is 10.7 Å². The molecule has 31 heavy (non-hydrogen) atoms. The second-order valence-electron chi connectivity index (χ2n) is 12.6. The van der Waals surface area contributed by atoms with Crippen molar-refractivity contribution in [2.45, 2.75) is 123 Å². The fourth-order valence-electron chi connectivity index (χ4n) is 8.54. The smallest absolute Gasteiger partial charge is 0.0894 e. The normalized spacial score (nSPS) is 38.5. The van der Waals surface area contributed by atoms with Crippen molar-refractivity contribution in [1.82, 2.24) is 0 Å². The molecule has 0 radical (unpaired) electrons. The van der Waals surface area contributed by atoms with Crippen LogP contribution in [0.4, 0.5) is 4.39 Å². The summed E-state index contributed by atoms with van der Waals surface area (Å²) in [5, 5.41) is 0. The molecular formula is C29H53FS. The highest BCUT2D eigenvalue weighted by atomic mass is 32.1. The monoisotopic (exact) mass is 452 g/mol. The zero-order valence-corrected chi connectivity index (χ0v) is 22.3. The molecule has 0 aliphatic heterocycles. The van der Waals surface area contributed by atoms with Gasteiger partial charge in [0.25, 0.3) is 0 Å². The van der Waals surface area contributed by atoms with E-state index < -0.39 is 0 Å². The Hall–Kier alpha value is 0.280. The standard InChI is InChI=1S/C29H53FS/c1-6-24(20(2)3)11-9-22(5)27-13-14-28-26-12-10-23(18-21(4)8-7-17-30)19-25(26)15-16-29(27,28)31/h20-28,31H,6-19H2,1-5H3. The van der Waals surface area contributed by atoms with Gasteiger partial charge in [0.05, 0.1) is 6.67 Å². The summed E-state index contributed by atoms with van der Waals surface area (Å²) in [6, 6.07) is 0. The Balaban J connectivity index is 1.54. The summed E-state index contributed by atoms with van der Waals surface area (Å²) in [6.45, 7) is 12.0. The summed E-state index contributed by atoms with van der Waals surface area (Å²) in [5.74, 6) is 7.78. The van der Waals surface area contributed by atoms with E-state index in [0.717, 1.165) is 60.2 Å². The molecule has 0 N–H and O–H groups in total. The molecule has 0 spiro atoms. The van der Waals surface area contributed by atoms with Crippen molar-refractivity contribution in [3.8, 4) is 0 Å². The first kappa shape index (κ1) is 25.9. The quantitative estimate of drug-likeness (QED) is 0.296. The zero-order chi connectivity index (χ0) is 22.6. The third-order valence-electron chi connectivity index (χ3n) is 10.4. The minimum Gasteiger partial charge on any atom is -0.251 e. The van der Waals surface area contributed by atoms with E-state index in [1.54, 1.807) is 0 Å². The third kappa shape index (κ3) is 6.05. The van der Waals surface area contributed by atoms with Crippen LogP contribution in [0.3, 0.4) is 0 Å². The van der Waals surface area contributed by atoms with Crippen molar-refractivity contribution in [2.75, 3.05) is 6.67 Å². The Bertz CT molecular complexity index is 533. The van der Waals surface area contributed by atoms with E-state index in [2.05, 4.69) is 34.6 Å². The van der Waals surface area contributed by atoms with Crippen LogP contribution in [0.2, 0.25) is 0 Å². The summed E-state index contributed by atoms with van der Waals surface area (Å²) in [5.41, 5.74) is 0. The number of fused-ring (bicyclic) bond motifs is 3. The fraction of sp³-hybridized carbons (Fsp3) is 1.00. The Morgan fingerprint density at radius 2 is 1.74 bits per heavy atom. The van der Waals surface area contributed by atoms with Crippen LogP contribution in [0.15, 0.2) is 0 Å². The topological polar surface area (TPSA) is 0 Å². The highest BCUT2D eigenvalue weighted by molar-refractivity contribution is 7.81. The van der Waals surface area contributed by atoms with Gasteiger partial charge in [0.2, 0.25) is 0 Å². The third-order valence-corrected chi connectivity index (χ3v) is 11.3. The van der Waals surface area contributed by atoms with Crippen LogP contribution in [0.1, 0.15) is 118 Å². The lowest BCUT2D eigenvalue weighted by Gasteiger charge is -2.52. The second-order valence-corrected chi connectivity index (χ2v) is 13.4. The van der Waals surface area contributed by atoms with Crippen LogP contribution in [0.25, 0.3) is 0 Å². The first-order valence-electron chi connectivity index (χ1n) is 14.1. The number of halogens is 1. The van der Waals surface area contributed by atoms with Crippen molar-refractivity contribution in [1.29, 1.82) is 0 Å². The largest absolute Gasteiger partial charge is 0.251 e. The molecule has 9 unspecified atom stereocenters. The van der Waals surface area contributed by atoms with Gasteiger partial charge in [0, 0.05) is 4.75 Å². The number of hydrogen-bond acceptors (Lipinski definition) is 1. The van der Waals surface area contributed by atoms with E-state index in [4.69, 9.17) is 12.6 Å². The van der Waals surface area contributed by atoms with Gasteiger partial charge in [-0.05, 0) is 117 Å². The Morgan fingerprint density at radius 1 is 0.968 bits per heavy atom. The van der Waals surface area contributed by atoms with Crippen molar-refractivity contribution in [3.05, 3.63) is 0 Å². The molecule has 3 rings (SSSR count). The van der Waals surface area contributed by atoms with Gasteiger partial charge < -0.3 is 0 Å². The molecule has 0 bridgehead atoms. The molecule has 9 atom stereocenters. The van der Waals surface area contributed by atoms with Gasteiger partial charge in [-0.2, -0.15) is 12.6 Å². The fourth-order valence-corrected chi connectivity index (χ4v) is 9.38. The second kappa shape index (κ2) is 11.6. The number of alkyl halides is 1. The molecular weight excluding hydrogens is 399 g/mol. The molecule has 0 amide bonds. The van der Waals surface area contributed by atoms with Crippen LogP contribution in [0, 0.1) is 53.3 Å². The van der Waals surface area contributed by atoms with Gasteiger partial charge in [-0.25, -0.2) is 0 Å². The van der Waals surface area contributed by atoms with Gasteiger partial charge in [0.15, 0.2) is 0 Å². The van der Waals surface area contributed by atoms with Crippen molar-refractivity contribution in [2.24, 2.45) is 53.3 Å². The van der Waals surface area contributed by atoms with Gasteiger partial charge in [-0.15, -0.1) is 0 Å². The van der Waals surface area contributed by atoms with Crippen molar-refractivity contribution < 1.29 is 4.39 Å². The first-order chi connectivity index (χ1) is 14.8. The SMILES string of the molecule is CCC(CCC(C)C1CCC2C3CCC(CC(C)CCCF)CC3CCC12S)C(C)C. The summed E-state index contributed by atoms with van der Waals surface area (Å²) in [7, 11) is 0. The van der Waals surface area contributed by atoms with Gasteiger partial charge in [-0.1, -0.05) is 53.9 Å². The van der Waals surface area contributed by atoms with Crippen molar-refractivity contribution >= 4 is 12.6 Å². The molecule has 3 aliphatic carbocycles. The van der Waals surface area contributed by atoms with E-state index in [1.807, 2.05) is 0 Å². The Morgan fingerprint density at radius 3 is 2.42 bits per heavy atom. The number of hydrogen-bond donors (Lipinski definition) is 1. The molecule has 3 fully saturated rings. The average molecular weight is 453 g/mol. The summed E-state index contributed by atoms with van der Waals surface area (Å²) in [4.78, 5) is 0. The maximum atomic E-state index is 12.5. The molecule has 0 aromatic rings.